The van der Waals surface area contributed by atoms with Gasteiger partial charge < -0.3 is 27.4 Å². The summed E-state index contributed by atoms with van der Waals surface area (Å²) in [6.45, 7) is 0.728. The van der Waals surface area contributed by atoms with Gasteiger partial charge in [0.15, 0.2) is 0 Å². The van der Waals surface area contributed by atoms with E-state index in [1.807, 2.05) is 12.2 Å². The Morgan fingerprint density at radius 3 is 2.21 bits per heavy atom. The highest BCUT2D eigenvalue weighted by Gasteiger charge is 2.17. The van der Waals surface area contributed by atoms with Crippen molar-refractivity contribution in [3.63, 3.8) is 0 Å². The van der Waals surface area contributed by atoms with E-state index in [0.29, 0.717) is 18.2 Å². The van der Waals surface area contributed by atoms with Crippen LogP contribution in [0.1, 0.15) is 41.8 Å². The number of anilines is 2. The molecule has 0 aromatic carbocycles. The third-order valence-corrected chi connectivity index (χ3v) is 4.43. The molecule has 156 valence electrons. The zero-order valence-corrected chi connectivity index (χ0v) is 16.5. The second kappa shape index (κ2) is 11.8. The van der Waals surface area contributed by atoms with Crippen LogP contribution in [0.2, 0.25) is 0 Å². The summed E-state index contributed by atoms with van der Waals surface area (Å²) < 4.78 is 0. The lowest BCUT2D eigenvalue weighted by molar-refractivity contribution is 0.285. The van der Waals surface area contributed by atoms with Crippen molar-refractivity contribution in [1.82, 2.24) is 19.9 Å². The number of aliphatic hydroxyl groups is 2. The SMILES string of the molecule is NCCO.Nc1ncnc2c1CC=C2.Nc1ncnc2c1CC=C2CCCCO. The third-order valence-electron chi connectivity index (χ3n) is 4.43. The van der Waals surface area contributed by atoms with Crippen molar-refractivity contribution in [2.75, 3.05) is 31.2 Å². The molecule has 0 bridgehead atoms. The van der Waals surface area contributed by atoms with Gasteiger partial charge in [-0.15, -0.1) is 0 Å². The normalized spacial score (nSPS) is 12.9. The standard InChI is InChI=1S/C11H15N3O.C7H7N3.C2H7NO/c12-11-9-5-4-8(3-1-2-6-15)10(9)13-7-14-11;8-7-5-2-1-3-6(5)9-4-10-7;3-1-2-4/h4,7,15H,1-3,5-6H2,(H2,12,13,14);1,3-4H,2H2,(H2,8,9,10);4H,1-3H2. The van der Waals surface area contributed by atoms with E-state index in [-0.39, 0.29) is 13.2 Å². The molecule has 0 saturated heterocycles. The molecule has 2 aromatic rings. The minimum absolute atomic E-state index is 0.0972. The van der Waals surface area contributed by atoms with E-state index in [4.69, 9.17) is 27.4 Å². The van der Waals surface area contributed by atoms with Crippen LogP contribution in [-0.4, -0.2) is 49.9 Å². The van der Waals surface area contributed by atoms with Gasteiger partial charge in [0, 0.05) is 24.3 Å². The Kier molecular flexibility index (Phi) is 9.16. The number of fused-ring (bicyclic) bond motifs is 2. The van der Waals surface area contributed by atoms with Gasteiger partial charge in [0.05, 0.1) is 18.0 Å². The summed E-state index contributed by atoms with van der Waals surface area (Å²) in [7, 11) is 0. The number of allylic oxidation sites excluding steroid dienone is 3. The van der Waals surface area contributed by atoms with Crippen molar-refractivity contribution in [3.8, 4) is 0 Å². The number of rotatable bonds is 5. The van der Waals surface area contributed by atoms with Crippen LogP contribution in [0, 0.1) is 0 Å². The molecule has 8 N–H and O–H groups in total. The predicted octanol–water partition coefficient (Wildman–Crippen LogP) is 0.726. The number of aliphatic hydroxyl groups excluding tert-OH is 2. The number of nitrogens with zero attached hydrogens (tertiary/aromatic N) is 4. The highest BCUT2D eigenvalue weighted by molar-refractivity contribution is 5.73. The third kappa shape index (κ3) is 6.31. The van der Waals surface area contributed by atoms with Gasteiger partial charge >= 0.3 is 0 Å². The molecule has 4 rings (SSSR count). The Morgan fingerprint density at radius 1 is 0.862 bits per heavy atom. The van der Waals surface area contributed by atoms with Crippen LogP contribution in [0.25, 0.3) is 11.6 Å². The van der Waals surface area contributed by atoms with Gasteiger partial charge in [0.25, 0.3) is 0 Å². The van der Waals surface area contributed by atoms with Crippen LogP contribution in [0.5, 0.6) is 0 Å². The van der Waals surface area contributed by atoms with Crippen LogP contribution in [-0.2, 0) is 12.8 Å². The van der Waals surface area contributed by atoms with Crippen LogP contribution < -0.4 is 17.2 Å². The van der Waals surface area contributed by atoms with Crippen molar-refractivity contribution in [2.45, 2.75) is 32.1 Å². The molecule has 2 aliphatic rings. The molecule has 2 aromatic heterocycles. The first-order valence-corrected chi connectivity index (χ1v) is 9.58. The summed E-state index contributed by atoms with van der Waals surface area (Å²) in [6.07, 6.45) is 13.7. The average Bonchev–Trinajstić information content (AvgIpc) is 3.38. The van der Waals surface area contributed by atoms with Crippen LogP contribution in [0.3, 0.4) is 0 Å². The maximum Gasteiger partial charge on any atom is 0.130 e. The van der Waals surface area contributed by atoms with Crippen LogP contribution in [0.4, 0.5) is 11.6 Å². The van der Waals surface area contributed by atoms with E-state index < -0.39 is 0 Å². The maximum atomic E-state index is 8.71. The minimum atomic E-state index is 0.0972. The molecule has 2 aliphatic carbocycles. The van der Waals surface area contributed by atoms with Crippen molar-refractivity contribution < 1.29 is 10.2 Å². The first-order valence-electron chi connectivity index (χ1n) is 9.58. The topological polar surface area (TPSA) is 170 Å². The van der Waals surface area contributed by atoms with Gasteiger partial charge in [0.1, 0.15) is 24.3 Å². The minimum Gasteiger partial charge on any atom is -0.396 e. The molecule has 29 heavy (non-hydrogen) atoms. The monoisotopic (exact) mass is 399 g/mol. The Hall–Kier alpha value is -2.88. The average molecular weight is 399 g/mol. The smallest absolute Gasteiger partial charge is 0.130 e. The van der Waals surface area contributed by atoms with Crippen LogP contribution >= 0.6 is 0 Å². The lowest BCUT2D eigenvalue weighted by Crippen LogP contribution is -2.02. The molecule has 0 aliphatic heterocycles. The van der Waals surface area contributed by atoms with Gasteiger partial charge in [-0.25, -0.2) is 19.9 Å². The number of nitrogen functional groups attached to an aromatic ring is 2. The van der Waals surface area contributed by atoms with Gasteiger partial charge in [-0.1, -0.05) is 12.2 Å². The number of unbranched alkanes of at least 4 members (excludes halogenated alkanes) is 1. The maximum absolute atomic E-state index is 8.71. The highest BCUT2D eigenvalue weighted by Crippen LogP contribution is 2.31. The molecule has 0 saturated carbocycles. The number of nitrogens with two attached hydrogens (primary N) is 3. The first kappa shape index (κ1) is 22.4. The van der Waals surface area contributed by atoms with E-state index in [2.05, 4.69) is 26.0 Å². The van der Waals surface area contributed by atoms with E-state index in [1.165, 1.54) is 18.2 Å². The second-order valence-electron chi connectivity index (χ2n) is 6.44. The highest BCUT2D eigenvalue weighted by atomic mass is 16.3. The Labute approximate surface area is 170 Å². The largest absolute Gasteiger partial charge is 0.396 e. The molecule has 0 atom stereocenters. The van der Waals surface area contributed by atoms with E-state index >= 15 is 0 Å². The fourth-order valence-electron chi connectivity index (χ4n) is 2.96. The quantitative estimate of drug-likeness (QED) is 0.454. The molecule has 0 amide bonds. The van der Waals surface area contributed by atoms with E-state index in [1.54, 1.807) is 0 Å². The molecule has 0 radical (unpaired) electrons. The second-order valence-corrected chi connectivity index (χ2v) is 6.44. The summed E-state index contributed by atoms with van der Waals surface area (Å²) in [5.74, 6) is 1.20. The molecule has 2 heterocycles. The summed E-state index contributed by atoms with van der Waals surface area (Å²) in [5, 5.41) is 16.5. The molecule has 9 nitrogen and oxygen atoms in total. The van der Waals surface area contributed by atoms with Crippen molar-refractivity contribution >= 4 is 23.3 Å². The Morgan fingerprint density at radius 2 is 1.55 bits per heavy atom. The van der Waals surface area contributed by atoms with Crippen LogP contribution in [0.15, 0.2) is 24.8 Å². The number of aromatic nitrogens is 4. The van der Waals surface area contributed by atoms with Gasteiger partial charge in [-0.3, -0.25) is 0 Å². The molecular formula is C20H29N7O2. The molecular weight excluding hydrogens is 370 g/mol. The van der Waals surface area contributed by atoms with E-state index in [9.17, 15) is 0 Å². The van der Waals surface area contributed by atoms with Gasteiger partial charge in [-0.05, 0) is 43.8 Å². The van der Waals surface area contributed by atoms with E-state index in [0.717, 1.165) is 54.6 Å². The fourth-order valence-corrected chi connectivity index (χ4v) is 2.96. The lowest BCUT2D eigenvalue weighted by atomic mass is 10.1. The fraction of sp³-hybridized carbons (Fsp3) is 0.400. The Balaban J connectivity index is 0.000000184. The zero-order valence-electron chi connectivity index (χ0n) is 16.5. The first-order chi connectivity index (χ1) is 14.1. The summed E-state index contributed by atoms with van der Waals surface area (Å²) >= 11 is 0. The van der Waals surface area contributed by atoms with Gasteiger partial charge in [0.2, 0.25) is 0 Å². The zero-order chi connectivity index (χ0) is 21.1. The predicted molar refractivity (Wildman–Crippen MR) is 114 cm³/mol. The summed E-state index contributed by atoms with van der Waals surface area (Å²) in [5.41, 5.74) is 21.4. The Bertz CT molecular complexity index is 851. The molecule has 0 spiro atoms. The number of hydrogen-bond donors (Lipinski definition) is 5. The number of hydrogen-bond acceptors (Lipinski definition) is 9. The van der Waals surface area contributed by atoms with Crippen molar-refractivity contribution in [1.29, 1.82) is 0 Å². The lowest BCUT2D eigenvalue weighted by Gasteiger charge is -2.05. The molecule has 0 fully saturated rings. The van der Waals surface area contributed by atoms with Crippen molar-refractivity contribution in [3.05, 3.63) is 47.3 Å². The summed E-state index contributed by atoms with van der Waals surface area (Å²) in [4.78, 5) is 16.2. The molecule has 0 unspecified atom stereocenters. The van der Waals surface area contributed by atoms with Gasteiger partial charge in [-0.2, -0.15) is 0 Å². The van der Waals surface area contributed by atoms with Crippen molar-refractivity contribution in [2.24, 2.45) is 5.73 Å². The molecule has 9 heteroatoms. The summed E-state index contributed by atoms with van der Waals surface area (Å²) in [6, 6.07) is 0.